The Kier molecular flexibility index (Phi) is 6.20. The molecule has 1 aromatic carbocycles. The van der Waals surface area contributed by atoms with Crippen molar-refractivity contribution < 1.29 is 4.79 Å². The van der Waals surface area contributed by atoms with Crippen molar-refractivity contribution in [2.75, 3.05) is 18.0 Å². The predicted octanol–water partition coefficient (Wildman–Crippen LogP) is 4.27. The summed E-state index contributed by atoms with van der Waals surface area (Å²) in [5, 5.41) is 23.7. The summed E-state index contributed by atoms with van der Waals surface area (Å²) in [7, 11) is 0. The molecule has 1 fully saturated rings. The second-order valence-electron chi connectivity index (χ2n) is 7.85. The highest BCUT2D eigenvalue weighted by Crippen LogP contribution is 2.25. The highest BCUT2D eigenvalue weighted by atomic mass is 35.5. The van der Waals surface area contributed by atoms with E-state index in [1.54, 1.807) is 35.3 Å². The molecule has 0 spiro atoms. The van der Waals surface area contributed by atoms with Crippen LogP contribution >= 0.6 is 11.6 Å². The number of aromatic nitrogens is 3. The Hall–Kier alpha value is -3.68. The summed E-state index contributed by atoms with van der Waals surface area (Å²) in [6.45, 7) is 3.24. The van der Waals surface area contributed by atoms with Gasteiger partial charge < -0.3 is 4.90 Å². The van der Waals surface area contributed by atoms with E-state index in [2.05, 4.69) is 22.2 Å². The number of nitriles is 2. The monoisotopic (exact) mass is 444 g/mol. The minimum Gasteiger partial charge on any atom is -0.355 e. The molecule has 1 saturated heterocycles. The van der Waals surface area contributed by atoms with Crippen LogP contribution in [0.15, 0.2) is 42.7 Å². The maximum Gasteiger partial charge on any atom is 0.170 e. The van der Waals surface area contributed by atoms with E-state index in [1.807, 2.05) is 24.0 Å². The molecule has 0 bridgehead atoms. The third-order valence-electron chi connectivity index (χ3n) is 5.77. The number of nitrogens with zero attached hydrogens (tertiary/aromatic N) is 6. The van der Waals surface area contributed by atoms with Crippen molar-refractivity contribution in [1.29, 1.82) is 10.5 Å². The van der Waals surface area contributed by atoms with Crippen molar-refractivity contribution in [3.8, 4) is 17.8 Å². The first-order valence-electron chi connectivity index (χ1n) is 10.4. The average Bonchev–Trinajstić information content (AvgIpc) is 3.21. The summed E-state index contributed by atoms with van der Waals surface area (Å²) in [5.74, 6) is 0.591. The van der Waals surface area contributed by atoms with Crippen molar-refractivity contribution in [1.82, 2.24) is 14.8 Å². The van der Waals surface area contributed by atoms with Gasteiger partial charge >= 0.3 is 0 Å². The lowest BCUT2D eigenvalue weighted by atomic mass is 9.98. The standard InChI is InChI=1S/C24H21ClN6O/c1-16-22(15-29-31(16)21-4-2-20(25)3-5-21)23(32)11-18-10-19(13-27)24(28-14-18)30-8-6-17(12-26)7-9-30/h2-5,10,14-15,17H,6-9,11H2,1H3. The summed E-state index contributed by atoms with van der Waals surface area (Å²) in [6, 6.07) is 13.5. The van der Waals surface area contributed by atoms with E-state index in [0.29, 0.717) is 40.6 Å². The number of carbonyl (C=O) groups excluding carboxylic acids is 1. The van der Waals surface area contributed by atoms with Crippen molar-refractivity contribution in [3.05, 3.63) is 70.1 Å². The van der Waals surface area contributed by atoms with Crippen molar-refractivity contribution in [3.63, 3.8) is 0 Å². The van der Waals surface area contributed by atoms with Crippen LogP contribution in [0, 0.1) is 35.5 Å². The van der Waals surface area contributed by atoms with Gasteiger partial charge in [-0.3, -0.25) is 4.79 Å². The van der Waals surface area contributed by atoms with Crippen molar-refractivity contribution >= 4 is 23.2 Å². The highest BCUT2D eigenvalue weighted by Gasteiger charge is 2.23. The van der Waals surface area contributed by atoms with Gasteiger partial charge in [0.05, 0.1) is 34.8 Å². The molecule has 1 aliphatic heterocycles. The van der Waals surface area contributed by atoms with Crippen LogP contribution in [0.25, 0.3) is 5.69 Å². The minimum absolute atomic E-state index is 0.0608. The van der Waals surface area contributed by atoms with Gasteiger partial charge in [0.15, 0.2) is 5.78 Å². The van der Waals surface area contributed by atoms with Crippen LogP contribution in [0.1, 0.15) is 40.0 Å². The molecular weight excluding hydrogens is 424 g/mol. The van der Waals surface area contributed by atoms with E-state index in [1.165, 1.54) is 0 Å². The van der Waals surface area contributed by atoms with E-state index >= 15 is 0 Å². The Morgan fingerprint density at radius 2 is 1.91 bits per heavy atom. The largest absolute Gasteiger partial charge is 0.355 e. The molecule has 0 amide bonds. The smallest absolute Gasteiger partial charge is 0.170 e. The molecule has 0 radical (unpaired) electrons. The minimum atomic E-state index is -0.0870. The molecule has 1 aliphatic rings. The number of hydrogen-bond donors (Lipinski definition) is 0. The predicted molar refractivity (Wildman–Crippen MR) is 121 cm³/mol. The van der Waals surface area contributed by atoms with Gasteiger partial charge in [0.2, 0.25) is 0 Å². The van der Waals surface area contributed by atoms with Crippen LogP contribution in [0.3, 0.4) is 0 Å². The van der Waals surface area contributed by atoms with Gasteiger partial charge in [0.25, 0.3) is 0 Å². The molecule has 0 saturated carbocycles. The Morgan fingerprint density at radius 3 is 2.56 bits per heavy atom. The molecule has 8 heteroatoms. The Bertz CT molecular complexity index is 1230. The molecule has 7 nitrogen and oxygen atoms in total. The Morgan fingerprint density at radius 1 is 1.19 bits per heavy atom. The molecule has 160 valence electrons. The molecule has 0 unspecified atom stereocenters. The summed E-state index contributed by atoms with van der Waals surface area (Å²) in [6.07, 6.45) is 4.88. The van der Waals surface area contributed by atoms with Crippen molar-refractivity contribution in [2.45, 2.75) is 26.2 Å². The first-order chi connectivity index (χ1) is 15.5. The van der Waals surface area contributed by atoms with E-state index in [-0.39, 0.29) is 18.1 Å². The zero-order valence-corrected chi connectivity index (χ0v) is 18.4. The molecule has 0 atom stereocenters. The number of pyridine rings is 1. The van der Waals surface area contributed by atoms with Crippen LogP contribution in [0.2, 0.25) is 5.02 Å². The number of benzene rings is 1. The fraction of sp³-hybridized carbons (Fsp3) is 0.292. The van der Waals surface area contributed by atoms with Gasteiger partial charge in [-0.25, -0.2) is 9.67 Å². The first kappa shape index (κ1) is 21.5. The molecule has 32 heavy (non-hydrogen) atoms. The maximum absolute atomic E-state index is 13.0. The molecule has 0 N–H and O–H groups in total. The summed E-state index contributed by atoms with van der Waals surface area (Å²) < 4.78 is 1.70. The zero-order chi connectivity index (χ0) is 22.7. The van der Waals surface area contributed by atoms with Gasteiger partial charge in [-0.1, -0.05) is 11.6 Å². The number of rotatable bonds is 5. The molecule has 3 aromatic rings. The second-order valence-corrected chi connectivity index (χ2v) is 8.29. The lowest BCUT2D eigenvalue weighted by molar-refractivity contribution is 0.0992. The maximum atomic E-state index is 13.0. The molecular formula is C24H21ClN6O. The number of ketones is 1. The van der Waals surface area contributed by atoms with Crippen LogP contribution in [-0.2, 0) is 6.42 Å². The number of halogens is 1. The second kappa shape index (κ2) is 9.21. The quantitative estimate of drug-likeness (QED) is 0.545. The van der Waals surface area contributed by atoms with Crippen LogP contribution in [-0.4, -0.2) is 33.6 Å². The lowest BCUT2D eigenvalue weighted by Crippen LogP contribution is -2.34. The van der Waals surface area contributed by atoms with Gasteiger partial charge in [0.1, 0.15) is 11.9 Å². The molecule has 4 rings (SSSR count). The summed E-state index contributed by atoms with van der Waals surface area (Å²) in [5.41, 5.74) is 3.22. The van der Waals surface area contributed by atoms with Gasteiger partial charge in [-0.05, 0) is 55.7 Å². The number of hydrogen-bond acceptors (Lipinski definition) is 6. The van der Waals surface area contributed by atoms with E-state index in [4.69, 9.17) is 16.9 Å². The topological polar surface area (TPSA) is 98.6 Å². The zero-order valence-electron chi connectivity index (χ0n) is 17.6. The first-order valence-corrected chi connectivity index (χ1v) is 10.7. The van der Waals surface area contributed by atoms with Crippen LogP contribution in [0.5, 0.6) is 0 Å². The normalized spacial score (nSPS) is 14.1. The van der Waals surface area contributed by atoms with E-state index in [9.17, 15) is 10.1 Å². The molecule has 3 heterocycles. The number of piperidine rings is 1. The van der Waals surface area contributed by atoms with E-state index < -0.39 is 0 Å². The number of Topliss-reactive ketones (excluding diaryl/α,β-unsaturated/α-hetero) is 1. The SMILES string of the molecule is Cc1c(C(=O)Cc2cnc(N3CCC(C#N)CC3)c(C#N)c2)cnn1-c1ccc(Cl)cc1. The number of anilines is 1. The van der Waals surface area contributed by atoms with Crippen LogP contribution < -0.4 is 4.90 Å². The van der Waals surface area contributed by atoms with Gasteiger partial charge in [0, 0.05) is 36.6 Å². The lowest BCUT2D eigenvalue weighted by Gasteiger charge is -2.30. The van der Waals surface area contributed by atoms with Crippen molar-refractivity contribution in [2.24, 2.45) is 5.92 Å². The van der Waals surface area contributed by atoms with Gasteiger partial charge in [-0.15, -0.1) is 0 Å². The fourth-order valence-electron chi connectivity index (χ4n) is 3.96. The molecule has 0 aliphatic carbocycles. The van der Waals surface area contributed by atoms with Gasteiger partial charge in [-0.2, -0.15) is 15.6 Å². The number of carbonyl (C=O) groups is 1. The third kappa shape index (κ3) is 4.34. The fourth-order valence-corrected chi connectivity index (χ4v) is 4.08. The average molecular weight is 445 g/mol. The van der Waals surface area contributed by atoms with Crippen LogP contribution in [0.4, 0.5) is 5.82 Å². The molecule has 2 aromatic heterocycles. The Labute approximate surface area is 191 Å². The Balaban J connectivity index is 1.51. The summed E-state index contributed by atoms with van der Waals surface area (Å²) >= 11 is 5.95. The van der Waals surface area contributed by atoms with E-state index in [0.717, 1.165) is 24.2 Å². The third-order valence-corrected chi connectivity index (χ3v) is 6.02. The highest BCUT2D eigenvalue weighted by molar-refractivity contribution is 6.30. The summed E-state index contributed by atoms with van der Waals surface area (Å²) in [4.78, 5) is 19.5.